The summed E-state index contributed by atoms with van der Waals surface area (Å²) in [5.74, 6) is -0.825. The molecule has 7 heteroatoms. The quantitative estimate of drug-likeness (QED) is 0.607. The molecule has 1 heterocycles. The molecule has 0 aliphatic carbocycles. The Hall–Kier alpha value is -1.78. The largest absolute Gasteiger partial charge is 0.394 e. The molecule has 0 amide bonds. The maximum Gasteiger partial charge on any atom is 0.232 e. The van der Waals surface area contributed by atoms with Crippen molar-refractivity contribution in [2.24, 2.45) is 0 Å². The van der Waals surface area contributed by atoms with Crippen LogP contribution in [0.2, 0.25) is 0 Å². The number of anilines is 1. The van der Waals surface area contributed by atoms with Gasteiger partial charge in [-0.1, -0.05) is 0 Å². The van der Waals surface area contributed by atoms with Gasteiger partial charge in [-0.25, -0.2) is 9.97 Å². The van der Waals surface area contributed by atoms with Crippen LogP contribution in [0.15, 0.2) is 6.20 Å². The second-order valence-corrected chi connectivity index (χ2v) is 2.71. The molecule has 0 unspecified atom stereocenters. The van der Waals surface area contributed by atoms with E-state index in [0.717, 1.165) is 6.20 Å². The van der Waals surface area contributed by atoms with Crippen LogP contribution in [-0.4, -0.2) is 39.4 Å². The number of nitrogens with zero attached hydrogens (tertiary/aromatic N) is 3. The van der Waals surface area contributed by atoms with Gasteiger partial charge in [0.1, 0.15) is 6.07 Å². The molecule has 0 saturated heterocycles. The molecule has 0 atom stereocenters. The van der Waals surface area contributed by atoms with Crippen LogP contribution in [0.3, 0.4) is 0 Å². The Morgan fingerprint density at radius 1 is 1.53 bits per heavy atom. The smallest absolute Gasteiger partial charge is 0.232 e. The van der Waals surface area contributed by atoms with Crippen molar-refractivity contribution >= 4 is 5.82 Å². The Morgan fingerprint density at radius 3 is 2.73 bits per heavy atom. The van der Waals surface area contributed by atoms with E-state index in [-0.39, 0.29) is 24.7 Å². The lowest BCUT2D eigenvalue weighted by molar-refractivity contribution is 0.203. The fraction of sp³-hybridized carbons (Fsp3) is 0.375. The van der Waals surface area contributed by atoms with Crippen LogP contribution in [0.5, 0.6) is 0 Å². The van der Waals surface area contributed by atoms with Crippen molar-refractivity contribution < 1.29 is 14.6 Å². The third-order valence-electron chi connectivity index (χ3n) is 1.63. The summed E-state index contributed by atoms with van der Waals surface area (Å²) in [6.07, 6.45) is 0.842. The van der Waals surface area contributed by atoms with E-state index in [0.29, 0.717) is 0 Å². The van der Waals surface area contributed by atoms with Crippen LogP contribution in [0.25, 0.3) is 0 Å². The summed E-state index contributed by atoms with van der Waals surface area (Å²) in [7, 11) is 0. The Kier molecular flexibility index (Phi) is 3.91. The predicted octanol–water partition coefficient (Wildman–Crippen LogP) is -0.748. The van der Waals surface area contributed by atoms with Crippen LogP contribution >= 0.6 is 0 Å². The zero-order valence-electron chi connectivity index (χ0n) is 7.68. The minimum atomic E-state index is -0.860. The number of nitrogens with one attached hydrogen (secondary N) is 1. The molecule has 0 aliphatic rings. The van der Waals surface area contributed by atoms with Crippen molar-refractivity contribution in [1.29, 1.82) is 5.26 Å². The Labute approximate surface area is 85.0 Å². The van der Waals surface area contributed by atoms with Crippen LogP contribution < -0.4 is 5.32 Å². The molecule has 0 radical (unpaired) electrons. The van der Waals surface area contributed by atoms with Crippen molar-refractivity contribution in [1.82, 2.24) is 9.97 Å². The zero-order valence-corrected chi connectivity index (χ0v) is 7.68. The fourth-order valence-electron chi connectivity index (χ4n) is 0.894. The maximum atomic E-state index is 12.6. The standard InChI is InChI=1S/C8H9FN4O2/c9-7-2-11-8(6(1-10)13-7)12-5(3-14)4-15/h2,5,14-15H,3-4H2,(H,11,12). The second kappa shape index (κ2) is 5.19. The summed E-state index contributed by atoms with van der Waals surface area (Å²) >= 11 is 0. The zero-order chi connectivity index (χ0) is 11.3. The molecule has 1 aromatic heterocycles. The van der Waals surface area contributed by atoms with E-state index in [1.165, 1.54) is 0 Å². The van der Waals surface area contributed by atoms with E-state index < -0.39 is 12.0 Å². The molecule has 0 aromatic carbocycles. The molecule has 15 heavy (non-hydrogen) atoms. The average Bonchev–Trinajstić information content (AvgIpc) is 2.27. The van der Waals surface area contributed by atoms with Crippen molar-refractivity contribution in [3.8, 4) is 6.07 Å². The summed E-state index contributed by atoms with van der Waals surface area (Å²) in [6.45, 7) is -0.666. The molecule has 0 spiro atoms. The number of aliphatic hydroxyl groups excluding tert-OH is 2. The highest BCUT2D eigenvalue weighted by atomic mass is 19.1. The van der Waals surface area contributed by atoms with Gasteiger partial charge in [0, 0.05) is 0 Å². The number of aliphatic hydroxyl groups is 2. The minimum absolute atomic E-state index is 0.0343. The molecule has 0 aliphatic heterocycles. The third-order valence-corrected chi connectivity index (χ3v) is 1.63. The fourth-order valence-corrected chi connectivity index (χ4v) is 0.894. The van der Waals surface area contributed by atoms with E-state index in [9.17, 15) is 4.39 Å². The van der Waals surface area contributed by atoms with Crippen LogP contribution in [-0.2, 0) is 0 Å². The highest BCUT2D eigenvalue weighted by Gasteiger charge is 2.11. The molecule has 0 bridgehead atoms. The van der Waals surface area contributed by atoms with Gasteiger partial charge in [-0.3, -0.25) is 0 Å². The van der Waals surface area contributed by atoms with Gasteiger partial charge in [0.2, 0.25) is 5.95 Å². The summed E-state index contributed by atoms with van der Waals surface area (Å²) in [5.41, 5.74) is -0.220. The normalized spacial score (nSPS) is 10.1. The van der Waals surface area contributed by atoms with Crippen LogP contribution in [0.1, 0.15) is 5.69 Å². The molecule has 6 nitrogen and oxygen atoms in total. The van der Waals surface area contributed by atoms with Gasteiger partial charge in [0.05, 0.1) is 25.5 Å². The summed E-state index contributed by atoms with van der Waals surface area (Å²) < 4.78 is 12.6. The minimum Gasteiger partial charge on any atom is -0.394 e. The Balaban J connectivity index is 2.90. The van der Waals surface area contributed by atoms with Gasteiger partial charge >= 0.3 is 0 Å². The first-order valence-electron chi connectivity index (χ1n) is 4.12. The number of rotatable bonds is 4. The number of nitriles is 1. The van der Waals surface area contributed by atoms with Crippen molar-refractivity contribution in [3.05, 3.63) is 17.8 Å². The average molecular weight is 212 g/mol. The molecule has 1 aromatic rings. The van der Waals surface area contributed by atoms with Gasteiger partial charge in [0.25, 0.3) is 0 Å². The van der Waals surface area contributed by atoms with E-state index in [1.807, 2.05) is 0 Å². The molecule has 80 valence electrons. The lowest BCUT2D eigenvalue weighted by atomic mass is 10.3. The molecule has 3 N–H and O–H groups in total. The summed E-state index contributed by atoms with van der Waals surface area (Å²) in [4.78, 5) is 6.89. The van der Waals surface area contributed by atoms with E-state index in [1.54, 1.807) is 6.07 Å². The number of hydrogen-bond donors (Lipinski definition) is 3. The van der Waals surface area contributed by atoms with Gasteiger partial charge in [0.15, 0.2) is 11.5 Å². The number of aromatic nitrogens is 2. The van der Waals surface area contributed by atoms with E-state index >= 15 is 0 Å². The second-order valence-electron chi connectivity index (χ2n) is 2.71. The highest BCUT2D eigenvalue weighted by molar-refractivity contribution is 5.47. The highest BCUT2D eigenvalue weighted by Crippen LogP contribution is 2.09. The number of halogens is 1. The predicted molar refractivity (Wildman–Crippen MR) is 48.3 cm³/mol. The Morgan fingerprint density at radius 2 is 2.20 bits per heavy atom. The molecule has 0 fully saturated rings. The Bertz CT molecular complexity index is 375. The van der Waals surface area contributed by atoms with Gasteiger partial charge in [-0.15, -0.1) is 0 Å². The van der Waals surface area contributed by atoms with Crippen LogP contribution in [0.4, 0.5) is 10.2 Å². The van der Waals surface area contributed by atoms with Gasteiger partial charge < -0.3 is 15.5 Å². The van der Waals surface area contributed by atoms with Gasteiger partial charge in [-0.2, -0.15) is 9.65 Å². The first-order chi connectivity index (χ1) is 7.21. The molecule has 0 saturated carbocycles. The monoisotopic (exact) mass is 212 g/mol. The topological polar surface area (TPSA) is 102 Å². The lowest BCUT2D eigenvalue weighted by Crippen LogP contribution is -2.28. The molecular weight excluding hydrogens is 203 g/mol. The van der Waals surface area contributed by atoms with Gasteiger partial charge in [-0.05, 0) is 0 Å². The summed E-state index contributed by atoms with van der Waals surface area (Å²) in [6, 6.07) is 0.995. The van der Waals surface area contributed by atoms with Crippen molar-refractivity contribution in [2.75, 3.05) is 18.5 Å². The lowest BCUT2D eigenvalue weighted by Gasteiger charge is -2.13. The third kappa shape index (κ3) is 2.83. The SMILES string of the molecule is N#Cc1nc(F)cnc1NC(CO)CO. The number of hydrogen-bond acceptors (Lipinski definition) is 6. The maximum absolute atomic E-state index is 12.6. The van der Waals surface area contributed by atoms with Crippen LogP contribution in [0, 0.1) is 17.3 Å². The molecular formula is C8H9FN4O2. The first-order valence-corrected chi connectivity index (χ1v) is 4.12. The molecule has 1 rings (SSSR count). The first kappa shape index (κ1) is 11.3. The van der Waals surface area contributed by atoms with Crippen molar-refractivity contribution in [2.45, 2.75) is 6.04 Å². The van der Waals surface area contributed by atoms with Crippen molar-refractivity contribution in [3.63, 3.8) is 0 Å². The summed E-state index contributed by atoms with van der Waals surface area (Å²) in [5, 5.41) is 28.7. The van der Waals surface area contributed by atoms with E-state index in [4.69, 9.17) is 15.5 Å². The van der Waals surface area contributed by atoms with E-state index in [2.05, 4.69) is 15.3 Å².